The zero-order valence-corrected chi connectivity index (χ0v) is 12.2. The molecule has 0 aliphatic carbocycles. The second-order valence-electron chi connectivity index (χ2n) is 3.75. The molecule has 5 heteroatoms. The molecular formula is C13H17NO2S2. The summed E-state index contributed by atoms with van der Waals surface area (Å²) >= 11 is 3.27. The summed E-state index contributed by atoms with van der Waals surface area (Å²) in [5, 5.41) is 10.6. The summed E-state index contributed by atoms with van der Waals surface area (Å²) in [7, 11) is 1.82. The fraction of sp³-hybridized carbons (Fsp3) is 0.462. The van der Waals surface area contributed by atoms with Crippen LogP contribution in [0, 0.1) is 11.8 Å². The molecule has 0 radical (unpaired) electrons. The lowest BCUT2D eigenvalue weighted by atomic mass is 10.3. The first-order valence-electron chi connectivity index (χ1n) is 5.57. The van der Waals surface area contributed by atoms with Gasteiger partial charge in [0, 0.05) is 35.0 Å². The highest BCUT2D eigenvalue weighted by Crippen LogP contribution is 2.16. The third-order valence-corrected chi connectivity index (χ3v) is 3.84. The van der Waals surface area contributed by atoms with Crippen LogP contribution < -0.4 is 0 Å². The molecule has 0 aliphatic heterocycles. The number of amides is 1. The normalized spacial score (nSPS) is 9.72. The Bertz CT molecular complexity index is 445. The Balaban J connectivity index is 2.51. The van der Waals surface area contributed by atoms with Gasteiger partial charge in [-0.1, -0.05) is 11.8 Å². The summed E-state index contributed by atoms with van der Waals surface area (Å²) in [5.41, 5.74) is 0.897. The second-order valence-corrected chi connectivity index (χ2v) is 5.74. The van der Waals surface area contributed by atoms with E-state index in [0.717, 1.165) is 16.2 Å². The molecule has 1 aromatic heterocycles. The molecule has 0 unspecified atom stereocenters. The van der Waals surface area contributed by atoms with Gasteiger partial charge in [-0.2, -0.15) is 11.8 Å². The number of rotatable bonds is 5. The van der Waals surface area contributed by atoms with Crippen molar-refractivity contribution in [2.75, 3.05) is 25.7 Å². The number of aliphatic hydroxyl groups excluding tert-OH is 1. The molecule has 1 aromatic rings. The molecule has 0 aliphatic rings. The van der Waals surface area contributed by atoms with Gasteiger partial charge in [-0.05, 0) is 12.3 Å². The number of nitrogens with zero attached hydrogens (tertiary/aromatic N) is 1. The van der Waals surface area contributed by atoms with Crippen molar-refractivity contribution in [2.24, 2.45) is 0 Å². The van der Waals surface area contributed by atoms with Crippen molar-refractivity contribution in [3.63, 3.8) is 0 Å². The van der Waals surface area contributed by atoms with Crippen LogP contribution in [0.2, 0.25) is 0 Å². The largest absolute Gasteiger partial charge is 0.384 e. The SMILES string of the molecule is CSCCC(=O)N(C)Cc1cc(C#CCO)cs1. The zero-order valence-electron chi connectivity index (χ0n) is 10.6. The van der Waals surface area contributed by atoms with Crippen LogP contribution in [0.4, 0.5) is 0 Å². The first kappa shape index (κ1) is 15.1. The molecule has 0 atom stereocenters. The van der Waals surface area contributed by atoms with E-state index in [1.165, 1.54) is 0 Å². The predicted octanol–water partition coefficient (Wildman–Crippen LogP) is 1.80. The monoisotopic (exact) mass is 283 g/mol. The van der Waals surface area contributed by atoms with Crippen molar-refractivity contribution >= 4 is 29.0 Å². The van der Waals surface area contributed by atoms with Gasteiger partial charge in [-0.15, -0.1) is 11.3 Å². The summed E-state index contributed by atoms with van der Waals surface area (Å²) in [5.74, 6) is 6.50. The van der Waals surface area contributed by atoms with Gasteiger partial charge in [0.05, 0.1) is 6.54 Å². The van der Waals surface area contributed by atoms with E-state index in [2.05, 4.69) is 11.8 Å². The standard InChI is InChI=1S/C13H17NO2S2/c1-14(13(16)5-7-17-2)9-12-8-11(10-18-12)4-3-6-15/h8,10,15H,5-7,9H2,1-2H3. The Morgan fingerprint density at radius 3 is 3.06 bits per heavy atom. The summed E-state index contributed by atoms with van der Waals surface area (Å²) in [6.45, 7) is 0.497. The number of carbonyl (C=O) groups is 1. The molecule has 1 heterocycles. The number of thioether (sulfide) groups is 1. The highest BCUT2D eigenvalue weighted by Gasteiger charge is 2.09. The van der Waals surface area contributed by atoms with E-state index in [-0.39, 0.29) is 12.5 Å². The maximum atomic E-state index is 11.7. The van der Waals surface area contributed by atoms with E-state index in [9.17, 15) is 4.79 Å². The average Bonchev–Trinajstić information content (AvgIpc) is 2.80. The van der Waals surface area contributed by atoms with Crippen LogP contribution in [0.25, 0.3) is 0 Å². The summed E-state index contributed by atoms with van der Waals surface area (Å²) in [6, 6.07) is 1.96. The lowest BCUT2D eigenvalue weighted by Crippen LogP contribution is -2.25. The van der Waals surface area contributed by atoms with Crippen LogP contribution >= 0.6 is 23.1 Å². The Hall–Kier alpha value is -0.960. The summed E-state index contributed by atoms with van der Waals surface area (Å²) in [4.78, 5) is 14.6. The molecule has 1 amide bonds. The molecule has 0 saturated carbocycles. The van der Waals surface area contributed by atoms with E-state index in [1.54, 1.807) is 28.0 Å². The first-order chi connectivity index (χ1) is 8.67. The van der Waals surface area contributed by atoms with Gasteiger partial charge in [0.15, 0.2) is 0 Å². The molecule has 0 aromatic carbocycles. The van der Waals surface area contributed by atoms with E-state index < -0.39 is 0 Å². The molecule has 0 saturated heterocycles. The zero-order chi connectivity index (χ0) is 13.4. The topological polar surface area (TPSA) is 40.5 Å². The van der Waals surface area contributed by atoms with Gasteiger partial charge >= 0.3 is 0 Å². The van der Waals surface area contributed by atoms with Gasteiger partial charge in [0.1, 0.15) is 6.61 Å². The number of hydrogen-bond donors (Lipinski definition) is 1. The fourth-order valence-corrected chi connectivity index (χ4v) is 2.62. The second kappa shape index (κ2) is 8.20. The van der Waals surface area contributed by atoms with Crippen molar-refractivity contribution in [1.29, 1.82) is 0 Å². The first-order valence-corrected chi connectivity index (χ1v) is 7.84. The summed E-state index contributed by atoms with van der Waals surface area (Å²) < 4.78 is 0. The highest BCUT2D eigenvalue weighted by molar-refractivity contribution is 7.98. The summed E-state index contributed by atoms with van der Waals surface area (Å²) in [6.07, 6.45) is 2.58. The van der Waals surface area contributed by atoms with Gasteiger partial charge in [0.25, 0.3) is 0 Å². The average molecular weight is 283 g/mol. The Kier molecular flexibility index (Phi) is 6.88. The molecule has 1 N–H and O–H groups in total. The number of carbonyl (C=O) groups excluding carboxylic acids is 1. The quantitative estimate of drug-likeness (QED) is 0.838. The molecule has 3 nitrogen and oxygen atoms in total. The van der Waals surface area contributed by atoms with Gasteiger partial charge < -0.3 is 10.0 Å². The molecule has 18 heavy (non-hydrogen) atoms. The van der Waals surface area contributed by atoms with Crippen molar-refractivity contribution in [2.45, 2.75) is 13.0 Å². The van der Waals surface area contributed by atoms with Crippen LogP contribution in [-0.2, 0) is 11.3 Å². The minimum Gasteiger partial charge on any atom is -0.384 e. The van der Waals surface area contributed by atoms with Crippen molar-refractivity contribution < 1.29 is 9.90 Å². The number of hydrogen-bond acceptors (Lipinski definition) is 4. The molecule has 0 bridgehead atoms. The predicted molar refractivity (Wildman–Crippen MR) is 77.8 cm³/mol. The van der Waals surface area contributed by atoms with Crippen LogP contribution in [0.15, 0.2) is 11.4 Å². The third-order valence-electron chi connectivity index (χ3n) is 2.30. The minimum atomic E-state index is -0.127. The van der Waals surface area contributed by atoms with Gasteiger partial charge in [-0.3, -0.25) is 4.79 Å². The minimum absolute atomic E-state index is 0.127. The molecule has 0 spiro atoms. The van der Waals surface area contributed by atoms with E-state index in [1.807, 2.05) is 24.7 Å². The van der Waals surface area contributed by atoms with Crippen LogP contribution in [0.1, 0.15) is 16.9 Å². The van der Waals surface area contributed by atoms with Crippen molar-refractivity contribution in [3.8, 4) is 11.8 Å². The van der Waals surface area contributed by atoms with Crippen molar-refractivity contribution in [3.05, 3.63) is 21.9 Å². The van der Waals surface area contributed by atoms with Crippen LogP contribution in [-0.4, -0.2) is 41.6 Å². The third kappa shape index (κ3) is 5.13. The molecule has 0 fully saturated rings. The maximum absolute atomic E-state index is 11.7. The molecule has 1 rings (SSSR count). The Morgan fingerprint density at radius 2 is 2.39 bits per heavy atom. The van der Waals surface area contributed by atoms with E-state index in [0.29, 0.717) is 13.0 Å². The number of aliphatic hydroxyl groups is 1. The van der Waals surface area contributed by atoms with Crippen molar-refractivity contribution in [1.82, 2.24) is 4.90 Å². The lowest BCUT2D eigenvalue weighted by molar-refractivity contribution is -0.129. The molecular weight excluding hydrogens is 266 g/mol. The van der Waals surface area contributed by atoms with E-state index >= 15 is 0 Å². The number of thiophene rings is 1. The smallest absolute Gasteiger partial charge is 0.223 e. The Labute approximate surface area is 116 Å². The lowest BCUT2D eigenvalue weighted by Gasteiger charge is -2.15. The van der Waals surface area contributed by atoms with Crippen LogP contribution in [0.3, 0.4) is 0 Å². The van der Waals surface area contributed by atoms with Gasteiger partial charge in [0.2, 0.25) is 5.91 Å². The fourth-order valence-electron chi connectivity index (χ4n) is 1.37. The highest BCUT2D eigenvalue weighted by atomic mass is 32.2. The van der Waals surface area contributed by atoms with Crippen LogP contribution in [0.5, 0.6) is 0 Å². The van der Waals surface area contributed by atoms with Gasteiger partial charge in [-0.25, -0.2) is 0 Å². The molecule has 98 valence electrons. The Morgan fingerprint density at radius 1 is 1.61 bits per heavy atom. The van der Waals surface area contributed by atoms with E-state index in [4.69, 9.17) is 5.11 Å². The maximum Gasteiger partial charge on any atom is 0.223 e.